The SMILES string of the molecule is Cc1ccc2c(c1)N(C)C(=CC=CC1=CC(=Cc3sc4cccc5c4[n+]3CCO5)CC(c3ccccc3)C1)S2. The van der Waals surface area contributed by atoms with Crippen LogP contribution in [0.2, 0.25) is 0 Å². The molecule has 3 aliphatic rings. The molecule has 194 valence electrons. The molecule has 0 radical (unpaired) electrons. The summed E-state index contributed by atoms with van der Waals surface area (Å²) in [4.78, 5) is 3.62. The minimum Gasteiger partial charge on any atom is -0.480 e. The van der Waals surface area contributed by atoms with Crippen molar-refractivity contribution >= 4 is 45.1 Å². The molecule has 1 aliphatic carbocycles. The maximum atomic E-state index is 5.94. The standard InChI is InChI=1S/C34H31N2OS2/c1-23-14-15-30-28(18-23)35(2)32(38-30)13-6-8-24-19-25(21-27(20-24)26-9-4-3-5-10-26)22-33-36-16-17-37-29-11-7-12-31(39-33)34(29)36/h3-15,18-19,22,27H,16-17,20-21H2,1-2H3/q+1. The number of allylic oxidation sites excluding steroid dienone is 6. The van der Waals surface area contributed by atoms with Gasteiger partial charge in [-0.05, 0) is 78.3 Å². The zero-order valence-corrected chi connectivity index (χ0v) is 23.9. The zero-order chi connectivity index (χ0) is 26.3. The van der Waals surface area contributed by atoms with Gasteiger partial charge >= 0.3 is 0 Å². The fraction of sp³-hybridized carbons (Fsp3) is 0.206. The van der Waals surface area contributed by atoms with Gasteiger partial charge in [-0.25, -0.2) is 0 Å². The van der Waals surface area contributed by atoms with Crippen molar-refractivity contribution in [2.75, 3.05) is 18.6 Å². The van der Waals surface area contributed by atoms with Crippen molar-refractivity contribution in [2.24, 2.45) is 0 Å². The second kappa shape index (κ2) is 10.2. The van der Waals surface area contributed by atoms with Gasteiger partial charge in [-0.15, -0.1) is 0 Å². The Bertz CT molecular complexity index is 1690. The van der Waals surface area contributed by atoms with Crippen molar-refractivity contribution in [3.63, 3.8) is 0 Å². The van der Waals surface area contributed by atoms with Gasteiger partial charge in [0.25, 0.3) is 10.5 Å². The molecule has 0 amide bonds. The molecule has 1 unspecified atom stereocenters. The molecule has 0 saturated heterocycles. The van der Waals surface area contributed by atoms with Crippen molar-refractivity contribution in [2.45, 2.75) is 37.1 Å². The van der Waals surface area contributed by atoms with Gasteiger partial charge < -0.3 is 9.64 Å². The van der Waals surface area contributed by atoms with Crippen LogP contribution in [0.5, 0.6) is 5.75 Å². The van der Waals surface area contributed by atoms with Gasteiger partial charge in [0.15, 0.2) is 12.3 Å². The van der Waals surface area contributed by atoms with Crippen molar-refractivity contribution in [1.82, 2.24) is 0 Å². The lowest BCUT2D eigenvalue weighted by molar-refractivity contribution is -0.673. The van der Waals surface area contributed by atoms with Crippen LogP contribution in [-0.4, -0.2) is 13.7 Å². The van der Waals surface area contributed by atoms with Crippen LogP contribution in [-0.2, 0) is 6.54 Å². The minimum absolute atomic E-state index is 0.472. The smallest absolute Gasteiger partial charge is 0.266 e. The Morgan fingerprint density at radius 2 is 1.92 bits per heavy atom. The summed E-state index contributed by atoms with van der Waals surface area (Å²) < 4.78 is 9.68. The maximum absolute atomic E-state index is 5.94. The number of aryl methyl sites for hydroxylation is 1. The van der Waals surface area contributed by atoms with E-state index < -0.39 is 0 Å². The molecule has 3 heterocycles. The average molecular weight is 548 g/mol. The highest BCUT2D eigenvalue weighted by molar-refractivity contribution is 8.03. The van der Waals surface area contributed by atoms with Crippen LogP contribution in [0.25, 0.3) is 16.3 Å². The third kappa shape index (κ3) is 4.75. The molecular weight excluding hydrogens is 517 g/mol. The largest absolute Gasteiger partial charge is 0.480 e. The minimum atomic E-state index is 0.472. The first-order valence-corrected chi connectivity index (χ1v) is 15.2. The number of hydrogen-bond donors (Lipinski definition) is 0. The molecule has 2 aliphatic heterocycles. The summed E-state index contributed by atoms with van der Waals surface area (Å²) in [5, 5.41) is 2.57. The monoisotopic (exact) mass is 547 g/mol. The van der Waals surface area contributed by atoms with Crippen LogP contribution in [0.4, 0.5) is 5.69 Å². The molecule has 0 spiro atoms. The van der Waals surface area contributed by atoms with Crippen molar-refractivity contribution in [3.05, 3.63) is 123 Å². The molecule has 7 rings (SSSR count). The Morgan fingerprint density at radius 3 is 2.82 bits per heavy atom. The van der Waals surface area contributed by atoms with E-state index >= 15 is 0 Å². The van der Waals surface area contributed by atoms with E-state index in [1.165, 1.54) is 53.1 Å². The number of hydrogen-bond acceptors (Lipinski definition) is 4. The lowest BCUT2D eigenvalue weighted by Gasteiger charge is -2.24. The summed E-state index contributed by atoms with van der Waals surface area (Å²) in [6, 6.07) is 24.1. The van der Waals surface area contributed by atoms with Gasteiger partial charge in [-0.2, -0.15) is 4.57 Å². The highest BCUT2D eigenvalue weighted by Crippen LogP contribution is 2.45. The molecule has 4 aromatic rings. The topological polar surface area (TPSA) is 16.4 Å². The lowest BCUT2D eigenvalue weighted by Crippen LogP contribution is -2.41. The fourth-order valence-electron chi connectivity index (χ4n) is 5.83. The van der Waals surface area contributed by atoms with Gasteiger partial charge in [0.05, 0.1) is 10.7 Å². The van der Waals surface area contributed by atoms with E-state index in [0.29, 0.717) is 5.92 Å². The maximum Gasteiger partial charge on any atom is 0.266 e. The predicted molar refractivity (Wildman–Crippen MR) is 165 cm³/mol. The Labute approximate surface area is 238 Å². The predicted octanol–water partition coefficient (Wildman–Crippen LogP) is 8.42. The number of benzene rings is 3. The van der Waals surface area contributed by atoms with Gasteiger partial charge in [-0.3, -0.25) is 0 Å². The Kier molecular flexibility index (Phi) is 6.42. The lowest BCUT2D eigenvalue weighted by atomic mass is 9.81. The third-order valence-corrected chi connectivity index (χ3v) is 10.1. The van der Waals surface area contributed by atoms with E-state index in [1.54, 1.807) is 0 Å². The number of thiazole rings is 1. The summed E-state index contributed by atoms with van der Waals surface area (Å²) in [5.41, 5.74) is 8.01. The Morgan fingerprint density at radius 1 is 1.03 bits per heavy atom. The molecule has 39 heavy (non-hydrogen) atoms. The van der Waals surface area contributed by atoms with E-state index in [9.17, 15) is 0 Å². The van der Waals surface area contributed by atoms with Crippen LogP contribution in [0.3, 0.4) is 0 Å². The molecule has 0 saturated carbocycles. The van der Waals surface area contributed by atoms with Crippen molar-refractivity contribution < 1.29 is 9.30 Å². The average Bonchev–Trinajstić information content (AvgIpc) is 3.47. The molecule has 0 fully saturated rings. The highest BCUT2D eigenvalue weighted by atomic mass is 32.2. The van der Waals surface area contributed by atoms with Crippen LogP contribution >= 0.6 is 23.1 Å². The molecule has 3 nitrogen and oxygen atoms in total. The van der Waals surface area contributed by atoms with Crippen LogP contribution in [0.1, 0.15) is 34.9 Å². The van der Waals surface area contributed by atoms with Gasteiger partial charge in [0.1, 0.15) is 11.3 Å². The molecular formula is C34H31N2OS2+. The summed E-state index contributed by atoms with van der Waals surface area (Å²) in [6.45, 7) is 3.78. The molecule has 5 heteroatoms. The first-order valence-electron chi connectivity index (χ1n) is 13.6. The van der Waals surface area contributed by atoms with E-state index in [1.807, 2.05) is 23.1 Å². The second-order valence-electron chi connectivity index (χ2n) is 10.5. The number of ether oxygens (including phenoxy) is 1. The fourth-order valence-corrected chi connectivity index (χ4v) is 8.06. The summed E-state index contributed by atoms with van der Waals surface area (Å²) >= 11 is 3.71. The molecule has 3 aromatic carbocycles. The van der Waals surface area contributed by atoms with Crippen molar-refractivity contribution in [3.8, 4) is 5.75 Å². The molecule has 0 N–H and O–H groups in total. The van der Waals surface area contributed by atoms with Gasteiger partial charge in [-0.1, -0.05) is 83.8 Å². The summed E-state index contributed by atoms with van der Waals surface area (Å²) in [7, 11) is 2.16. The number of para-hydroxylation sites is 1. The number of nitrogens with zero attached hydrogens (tertiary/aromatic N) is 2. The van der Waals surface area contributed by atoms with E-state index in [4.69, 9.17) is 4.74 Å². The highest BCUT2D eigenvalue weighted by Gasteiger charge is 2.28. The normalized spacial score (nSPS) is 20.6. The molecule has 0 bridgehead atoms. The molecule has 1 atom stereocenters. The van der Waals surface area contributed by atoms with Gasteiger partial charge in [0, 0.05) is 18.0 Å². The number of aromatic nitrogens is 1. The van der Waals surface area contributed by atoms with Crippen LogP contribution in [0.15, 0.2) is 112 Å². The number of fused-ring (bicyclic) bond motifs is 1. The van der Waals surface area contributed by atoms with Crippen LogP contribution < -0.4 is 14.2 Å². The third-order valence-electron chi connectivity index (χ3n) is 7.77. The zero-order valence-electron chi connectivity index (χ0n) is 22.3. The van der Waals surface area contributed by atoms with E-state index in [0.717, 1.165) is 31.7 Å². The Hall–Kier alpha value is -3.54. The second-order valence-corrected chi connectivity index (χ2v) is 12.6. The number of rotatable bonds is 4. The van der Waals surface area contributed by atoms with Crippen molar-refractivity contribution in [1.29, 1.82) is 0 Å². The van der Waals surface area contributed by atoms with E-state index in [2.05, 4.69) is 121 Å². The number of thioether (sulfide) groups is 1. The Balaban J connectivity index is 1.22. The van der Waals surface area contributed by atoms with Gasteiger partial charge in [0.2, 0.25) is 0 Å². The van der Waals surface area contributed by atoms with E-state index in [-0.39, 0.29) is 0 Å². The summed E-state index contributed by atoms with van der Waals surface area (Å²) in [5.74, 6) is 1.48. The quantitative estimate of drug-likeness (QED) is 0.239. The number of anilines is 1. The molecule has 1 aromatic heterocycles. The van der Waals surface area contributed by atoms with Crippen LogP contribution in [0, 0.1) is 6.92 Å². The summed E-state index contributed by atoms with van der Waals surface area (Å²) in [6.07, 6.45) is 13.7. The first-order chi connectivity index (χ1) is 19.1. The first kappa shape index (κ1) is 24.5.